The molecular weight excluding hydrogens is 202 g/mol. The quantitative estimate of drug-likeness (QED) is 0.812. The van der Waals surface area contributed by atoms with Crippen molar-refractivity contribution in [3.05, 3.63) is 16.4 Å². The molecule has 1 atom stereocenters. The Kier molecular flexibility index (Phi) is 3.16. The molecule has 1 amide bonds. The standard InChI is InChI=1S/C9H14ClN3O/c1-5-8(10)6(2)13(12-5)7(3)9(14)11-4/h7H,1-4H3,(H,11,14). The van der Waals surface area contributed by atoms with Crippen molar-refractivity contribution in [2.45, 2.75) is 26.8 Å². The minimum Gasteiger partial charge on any atom is -0.357 e. The lowest BCUT2D eigenvalue weighted by Gasteiger charge is -2.12. The molecule has 1 rings (SSSR count). The number of carbonyl (C=O) groups is 1. The molecule has 0 saturated carbocycles. The molecule has 1 heterocycles. The van der Waals surface area contributed by atoms with Crippen LogP contribution in [0.5, 0.6) is 0 Å². The van der Waals surface area contributed by atoms with Crippen molar-refractivity contribution in [1.29, 1.82) is 0 Å². The largest absolute Gasteiger partial charge is 0.357 e. The lowest BCUT2D eigenvalue weighted by atomic mass is 10.3. The summed E-state index contributed by atoms with van der Waals surface area (Å²) >= 11 is 5.98. The van der Waals surface area contributed by atoms with Gasteiger partial charge in [0.05, 0.1) is 16.4 Å². The maximum absolute atomic E-state index is 11.4. The minimum atomic E-state index is -0.328. The minimum absolute atomic E-state index is 0.0766. The lowest BCUT2D eigenvalue weighted by molar-refractivity contribution is -0.123. The third-order valence-corrected chi connectivity index (χ3v) is 2.78. The highest BCUT2D eigenvalue weighted by Gasteiger charge is 2.18. The third-order valence-electron chi connectivity index (χ3n) is 2.23. The Labute approximate surface area is 88.2 Å². The summed E-state index contributed by atoms with van der Waals surface area (Å²) in [6, 6.07) is -0.328. The molecule has 0 fully saturated rings. The van der Waals surface area contributed by atoms with Gasteiger partial charge in [0.2, 0.25) is 5.91 Å². The molecule has 0 aliphatic carbocycles. The summed E-state index contributed by atoms with van der Waals surface area (Å²) in [4.78, 5) is 11.4. The number of hydrogen-bond acceptors (Lipinski definition) is 2. The maximum Gasteiger partial charge on any atom is 0.244 e. The van der Waals surface area contributed by atoms with Gasteiger partial charge in [-0.2, -0.15) is 5.10 Å². The first kappa shape index (κ1) is 11.0. The highest BCUT2D eigenvalue weighted by Crippen LogP contribution is 2.21. The number of nitrogens with zero attached hydrogens (tertiary/aromatic N) is 2. The summed E-state index contributed by atoms with van der Waals surface area (Å²) in [5.41, 5.74) is 1.57. The first-order valence-corrected chi connectivity index (χ1v) is 4.79. The van der Waals surface area contributed by atoms with Gasteiger partial charge in [-0.1, -0.05) is 11.6 Å². The number of aryl methyl sites for hydroxylation is 1. The lowest BCUT2D eigenvalue weighted by Crippen LogP contribution is -2.28. The number of hydrogen-bond donors (Lipinski definition) is 1. The SMILES string of the molecule is CNC(=O)C(C)n1nc(C)c(Cl)c1C. The Morgan fingerprint density at radius 3 is 2.50 bits per heavy atom. The van der Waals surface area contributed by atoms with E-state index >= 15 is 0 Å². The number of halogens is 1. The molecule has 5 heteroatoms. The molecule has 1 N–H and O–H groups in total. The Balaban J connectivity index is 3.07. The molecule has 0 aliphatic rings. The third kappa shape index (κ3) is 1.75. The number of likely N-dealkylation sites (N-methyl/N-ethyl adjacent to an activating group) is 1. The number of aromatic nitrogens is 2. The van der Waals surface area contributed by atoms with Gasteiger partial charge < -0.3 is 5.32 Å². The van der Waals surface area contributed by atoms with E-state index < -0.39 is 0 Å². The smallest absolute Gasteiger partial charge is 0.244 e. The van der Waals surface area contributed by atoms with Crippen LogP contribution in [0.4, 0.5) is 0 Å². The average Bonchev–Trinajstić information content (AvgIpc) is 2.43. The molecule has 4 nitrogen and oxygen atoms in total. The summed E-state index contributed by atoms with van der Waals surface area (Å²) < 4.78 is 1.64. The van der Waals surface area contributed by atoms with Gasteiger partial charge in [0.25, 0.3) is 0 Å². The Hall–Kier alpha value is -1.03. The van der Waals surface area contributed by atoms with Crippen molar-refractivity contribution in [1.82, 2.24) is 15.1 Å². The predicted molar refractivity (Wildman–Crippen MR) is 55.5 cm³/mol. The second kappa shape index (κ2) is 4.00. The van der Waals surface area contributed by atoms with E-state index in [2.05, 4.69) is 10.4 Å². The highest BCUT2D eigenvalue weighted by molar-refractivity contribution is 6.31. The van der Waals surface area contributed by atoms with E-state index in [9.17, 15) is 4.79 Å². The van der Waals surface area contributed by atoms with E-state index in [4.69, 9.17) is 11.6 Å². The molecule has 14 heavy (non-hydrogen) atoms. The molecule has 78 valence electrons. The predicted octanol–water partition coefficient (Wildman–Crippen LogP) is 1.46. The second-order valence-electron chi connectivity index (χ2n) is 3.22. The fourth-order valence-electron chi connectivity index (χ4n) is 1.34. The zero-order chi connectivity index (χ0) is 10.9. The fourth-order valence-corrected chi connectivity index (χ4v) is 1.46. The van der Waals surface area contributed by atoms with Gasteiger partial charge in [-0.05, 0) is 20.8 Å². The van der Waals surface area contributed by atoms with Crippen molar-refractivity contribution in [3.63, 3.8) is 0 Å². The van der Waals surface area contributed by atoms with Gasteiger partial charge in [-0.25, -0.2) is 0 Å². The fraction of sp³-hybridized carbons (Fsp3) is 0.556. The summed E-state index contributed by atoms with van der Waals surface area (Å²) in [5, 5.41) is 7.40. The van der Waals surface area contributed by atoms with Crippen molar-refractivity contribution < 1.29 is 4.79 Å². The normalized spacial score (nSPS) is 12.6. The highest BCUT2D eigenvalue weighted by atomic mass is 35.5. The van der Waals surface area contributed by atoms with E-state index in [1.165, 1.54) is 0 Å². The molecule has 0 radical (unpaired) electrons. The molecule has 0 bridgehead atoms. The molecule has 1 unspecified atom stereocenters. The molecule has 0 saturated heterocycles. The van der Waals surface area contributed by atoms with Crippen molar-refractivity contribution in [2.24, 2.45) is 0 Å². The van der Waals surface area contributed by atoms with E-state index in [0.29, 0.717) is 5.02 Å². The van der Waals surface area contributed by atoms with Gasteiger partial charge >= 0.3 is 0 Å². The van der Waals surface area contributed by atoms with Crippen LogP contribution in [0.15, 0.2) is 0 Å². The molecular formula is C9H14ClN3O. The van der Waals surface area contributed by atoms with Crippen LogP contribution in [0.2, 0.25) is 5.02 Å². The molecule has 0 aliphatic heterocycles. The van der Waals surface area contributed by atoms with Crippen molar-refractivity contribution >= 4 is 17.5 Å². The van der Waals surface area contributed by atoms with Crippen LogP contribution in [0.3, 0.4) is 0 Å². The molecule has 1 aromatic heterocycles. The van der Waals surface area contributed by atoms with Gasteiger partial charge in [-0.15, -0.1) is 0 Å². The van der Waals surface area contributed by atoms with Gasteiger partial charge in [-0.3, -0.25) is 9.48 Å². The van der Waals surface area contributed by atoms with Crippen LogP contribution in [0.25, 0.3) is 0 Å². The Bertz CT molecular complexity index is 359. The average molecular weight is 216 g/mol. The summed E-state index contributed by atoms with van der Waals surface area (Å²) in [6.07, 6.45) is 0. The number of nitrogens with one attached hydrogen (secondary N) is 1. The van der Waals surface area contributed by atoms with Crippen LogP contribution < -0.4 is 5.32 Å². The van der Waals surface area contributed by atoms with Crippen LogP contribution >= 0.6 is 11.6 Å². The second-order valence-corrected chi connectivity index (χ2v) is 3.60. The number of carbonyl (C=O) groups excluding carboxylic acids is 1. The number of rotatable bonds is 2. The summed E-state index contributed by atoms with van der Waals surface area (Å²) in [7, 11) is 1.60. The summed E-state index contributed by atoms with van der Waals surface area (Å²) in [6.45, 7) is 5.46. The van der Waals surface area contributed by atoms with Gasteiger partial charge in [0, 0.05) is 7.05 Å². The first-order valence-electron chi connectivity index (χ1n) is 4.41. The van der Waals surface area contributed by atoms with E-state index in [1.807, 2.05) is 13.8 Å². The molecule has 1 aromatic rings. The summed E-state index contributed by atoms with van der Waals surface area (Å²) in [5.74, 6) is -0.0766. The van der Waals surface area contributed by atoms with E-state index in [-0.39, 0.29) is 11.9 Å². The van der Waals surface area contributed by atoms with Crippen LogP contribution in [-0.4, -0.2) is 22.7 Å². The molecule has 0 aromatic carbocycles. The van der Waals surface area contributed by atoms with Crippen molar-refractivity contribution in [3.8, 4) is 0 Å². The zero-order valence-electron chi connectivity index (χ0n) is 8.76. The van der Waals surface area contributed by atoms with Gasteiger partial charge in [0.1, 0.15) is 6.04 Å². The zero-order valence-corrected chi connectivity index (χ0v) is 9.51. The Morgan fingerprint density at radius 2 is 2.14 bits per heavy atom. The van der Waals surface area contributed by atoms with Crippen LogP contribution in [0, 0.1) is 13.8 Å². The Morgan fingerprint density at radius 1 is 1.57 bits per heavy atom. The van der Waals surface area contributed by atoms with Crippen LogP contribution in [0.1, 0.15) is 24.4 Å². The number of amides is 1. The maximum atomic E-state index is 11.4. The van der Waals surface area contributed by atoms with Crippen molar-refractivity contribution in [2.75, 3.05) is 7.05 Å². The monoisotopic (exact) mass is 215 g/mol. The first-order chi connectivity index (χ1) is 6.49. The van der Waals surface area contributed by atoms with E-state index in [1.54, 1.807) is 18.7 Å². The van der Waals surface area contributed by atoms with Crippen LogP contribution in [-0.2, 0) is 4.79 Å². The van der Waals surface area contributed by atoms with E-state index in [0.717, 1.165) is 11.4 Å². The molecule has 0 spiro atoms. The topological polar surface area (TPSA) is 46.9 Å². The van der Waals surface area contributed by atoms with Gasteiger partial charge in [0.15, 0.2) is 0 Å².